The standard InChI is InChI=1S/C34H32N8O4/c35-18-20-36-32(44)25-6-4-24(5-7-25)30-15-19-37-34(40-30)39-28-10-12-29(13-11-28)42-21-16-26(17-22-42)33(45)38-27-8-1-23(2-9-27)3-14-31(43)41-46/h1-15,19,26,46H,16-17,20-22H2,(H,36,44)(H,38,45)(H,41,43)(H,37,39,40)/b14-3+. The second-order valence-corrected chi connectivity index (χ2v) is 10.5. The third-order valence-electron chi connectivity index (χ3n) is 7.50. The van der Waals surface area contributed by atoms with Crippen molar-refractivity contribution in [2.75, 3.05) is 35.2 Å². The highest BCUT2D eigenvalue weighted by Crippen LogP contribution is 2.27. The molecule has 3 amide bonds. The summed E-state index contributed by atoms with van der Waals surface area (Å²) in [4.78, 5) is 47.3. The number of hydroxylamine groups is 1. The average Bonchev–Trinajstić information content (AvgIpc) is 3.10. The van der Waals surface area contributed by atoms with Gasteiger partial charge in [0.05, 0.1) is 11.8 Å². The van der Waals surface area contributed by atoms with Crippen LogP contribution in [0.1, 0.15) is 28.8 Å². The monoisotopic (exact) mass is 616 g/mol. The maximum absolute atomic E-state index is 12.9. The van der Waals surface area contributed by atoms with Crippen molar-refractivity contribution in [3.05, 3.63) is 102 Å². The van der Waals surface area contributed by atoms with Crippen LogP contribution in [0, 0.1) is 17.2 Å². The van der Waals surface area contributed by atoms with Gasteiger partial charge in [-0.1, -0.05) is 24.3 Å². The van der Waals surface area contributed by atoms with Gasteiger partial charge in [-0.3, -0.25) is 19.6 Å². The molecule has 1 saturated heterocycles. The highest BCUT2D eigenvalue weighted by Gasteiger charge is 2.25. The van der Waals surface area contributed by atoms with Crippen molar-refractivity contribution in [1.82, 2.24) is 20.8 Å². The van der Waals surface area contributed by atoms with Crippen molar-refractivity contribution in [3.63, 3.8) is 0 Å². The van der Waals surface area contributed by atoms with Crippen LogP contribution in [0.3, 0.4) is 0 Å². The third-order valence-corrected chi connectivity index (χ3v) is 7.50. The zero-order chi connectivity index (χ0) is 32.3. The Hall–Kier alpha value is -6.06. The lowest BCUT2D eigenvalue weighted by Crippen LogP contribution is -2.38. The van der Waals surface area contributed by atoms with Crippen molar-refractivity contribution >= 4 is 46.8 Å². The van der Waals surface area contributed by atoms with Crippen molar-refractivity contribution in [1.29, 1.82) is 5.26 Å². The lowest BCUT2D eigenvalue weighted by molar-refractivity contribution is -0.124. The molecule has 0 saturated carbocycles. The van der Waals surface area contributed by atoms with Crippen LogP contribution in [0.5, 0.6) is 0 Å². The van der Waals surface area contributed by atoms with Gasteiger partial charge in [0.15, 0.2) is 0 Å². The van der Waals surface area contributed by atoms with Crippen LogP contribution in [0.2, 0.25) is 0 Å². The molecule has 4 aromatic rings. The molecule has 2 heterocycles. The average molecular weight is 617 g/mol. The second kappa shape index (κ2) is 15.1. The summed E-state index contributed by atoms with van der Waals surface area (Å²) in [6.07, 6.45) is 5.91. The lowest BCUT2D eigenvalue weighted by Gasteiger charge is -2.33. The maximum atomic E-state index is 12.9. The van der Waals surface area contributed by atoms with E-state index in [1.807, 2.05) is 30.3 Å². The second-order valence-electron chi connectivity index (χ2n) is 10.5. The first-order valence-corrected chi connectivity index (χ1v) is 14.7. The van der Waals surface area contributed by atoms with Crippen LogP contribution in [0.25, 0.3) is 17.3 Å². The number of piperidine rings is 1. The molecule has 0 bridgehead atoms. The van der Waals surface area contributed by atoms with E-state index in [0.29, 0.717) is 22.9 Å². The highest BCUT2D eigenvalue weighted by atomic mass is 16.5. The minimum absolute atomic E-state index is 0.0126. The van der Waals surface area contributed by atoms with Crippen LogP contribution >= 0.6 is 0 Å². The molecular formula is C34H32N8O4. The fourth-order valence-corrected chi connectivity index (χ4v) is 5.01. The summed E-state index contributed by atoms with van der Waals surface area (Å²) in [5.41, 5.74) is 6.87. The number of carbonyl (C=O) groups excluding carboxylic acids is 3. The molecule has 0 radical (unpaired) electrons. The molecule has 232 valence electrons. The van der Waals surface area contributed by atoms with Crippen LogP contribution < -0.4 is 26.3 Å². The molecular weight excluding hydrogens is 584 g/mol. The molecule has 1 aliphatic rings. The Bertz CT molecular complexity index is 1740. The molecule has 1 fully saturated rings. The number of nitrogens with zero attached hydrogens (tertiary/aromatic N) is 4. The van der Waals surface area contributed by atoms with E-state index in [2.05, 4.69) is 30.8 Å². The Balaban J connectivity index is 1.11. The molecule has 1 aromatic heterocycles. The lowest BCUT2D eigenvalue weighted by atomic mass is 9.95. The number of carbonyl (C=O) groups is 3. The van der Waals surface area contributed by atoms with Gasteiger partial charge < -0.3 is 20.9 Å². The van der Waals surface area contributed by atoms with Gasteiger partial charge in [-0.2, -0.15) is 5.26 Å². The predicted molar refractivity (Wildman–Crippen MR) is 174 cm³/mol. The highest BCUT2D eigenvalue weighted by molar-refractivity contribution is 5.95. The Morgan fingerprint density at radius 2 is 1.63 bits per heavy atom. The number of aromatic nitrogens is 2. The molecule has 12 heteroatoms. The number of nitrogens with one attached hydrogen (secondary N) is 4. The van der Waals surface area contributed by atoms with Crippen LogP contribution in [0.4, 0.5) is 23.0 Å². The molecule has 0 aliphatic carbocycles. The molecule has 5 N–H and O–H groups in total. The summed E-state index contributed by atoms with van der Waals surface area (Å²) in [6.45, 7) is 1.46. The molecule has 46 heavy (non-hydrogen) atoms. The largest absolute Gasteiger partial charge is 0.371 e. The summed E-state index contributed by atoms with van der Waals surface area (Å²) in [5.74, 6) is -0.587. The minimum atomic E-state index is -0.615. The number of hydrogen-bond acceptors (Lipinski definition) is 9. The number of benzene rings is 3. The Labute approximate surface area is 265 Å². The van der Waals surface area contributed by atoms with Crippen LogP contribution in [-0.2, 0) is 9.59 Å². The summed E-state index contributed by atoms with van der Waals surface area (Å²) in [5, 5.41) is 26.0. The van der Waals surface area contributed by atoms with Gasteiger partial charge in [-0.05, 0) is 79.1 Å². The van der Waals surface area contributed by atoms with Crippen molar-refractivity contribution < 1.29 is 19.6 Å². The first kappa shape index (κ1) is 31.4. The van der Waals surface area contributed by atoms with Crippen LogP contribution in [0.15, 0.2) is 91.1 Å². The van der Waals surface area contributed by atoms with E-state index in [1.54, 1.807) is 66.9 Å². The van der Waals surface area contributed by atoms with E-state index < -0.39 is 5.91 Å². The fourth-order valence-electron chi connectivity index (χ4n) is 5.01. The fraction of sp³-hybridized carbons (Fsp3) is 0.176. The van der Waals surface area contributed by atoms with E-state index in [4.69, 9.17) is 10.5 Å². The molecule has 5 rings (SSSR count). The van der Waals surface area contributed by atoms with Crippen molar-refractivity contribution in [2.24, 2.45) is 5.92 Å². The first-order chi connectivity index (χ1) is 22.4. The van der Waals surface area contributed by atoms with Gasteiger partial charge >= 0.3 is 0 Å². The van der Waals surface area contributed by atoms with Gasteiger partial charge in [0.2, 0.25) is 11.9 Å². The van der Waals surface area contributed by atoms with Gasteiger partial charge in [-0.15, -0.1) is 0 Å². The van der Waals surface area contributed by atoms with E-state index in [1.165, 1.54) is 11.6 Å². The normalized spacial score (nSPS) is 13.1. The van der Waals surface area contributed by atoms with Gasteiger partial charge in [-0.25, -0.2) is 15.4 Å². The van der Waals surface area contributed by atoms with E-state index in [-0.39, 0.29) is 24.3 Å². The van der Waals surface area contributed by atoms with E-state index in [0.717, 1.165) is 48.4 Å². The zero-order valence-corrected chi connectivity index (χ0v) is 24.8. The number of anilines is 4. The molecule has 12 nitrogen and oxygen atoms in total. The summed E-state index contributed by atoms with van der Waals surface area (Å²) >= 11 is 0. The molecule has 0 unspecified atom stereocenters. The molecule has 3 aromatic carbocycles. The van der Waals surface area contributed by atoms with Gasteiger partial charge in [0.1, 0.15) is 6.54 Å². The summed E-state index contributed by atoms with van der Waals surface area (Å²) < 4.78 is 0. The number of hydrogen-bond donors (Lipinski definition) is 5. The van der Waals surface area contributed by atoms with Crippen LogP contribution in [-0.4, -0.2) is 52.5 Å². The quantitative estimate of drug-likeness (QED) is 0.0744. The SMILES string of the molecule is N#CCNC(=O)c1ccc(-c2ccnc(Nc3ccc(N4CCC(C(=O)Nc5ccc(/C=C/C(=O)NO)cc5)CC4)cc3)n2)cc1. The zero-order valence-electron chi connectivity index (χ0n) is 24.8. The van der Waals surface area contributed by atoms with Gasteiger partial charge in [0, 0.05) is 59.5 Å². The predicted octanol–water partition coefficient (Wildman–Crippen LogP) is 4.51. The number of amides is 3. The Morgan fingerprint density at radius 3 is 2.30 bits per heavy atom. The summed E-state index contributed by atoms with van der Waals surface area (Å²) in [6, 6.07) is 25.8. The first-order valence-electron chi connectivity index (χ1n) is 14.7. The van der Waals surface area contributed by atoms with Crippen molar-refractivity contribution in [3.8, 4) is 17.3 Å². The third kappa shape index (κ3) is 8.31. The topological polar surface area (TPSA) is 172 Å². The Morgan fingerprint density at radius 1 is 0.935 bits per heavy atom. The van der Waals surface area contributed by atoms with Gasteiger partial charge in [0.25, 0.3) is 11.8 Å². The molecule has 0 atom stereocenters. The molecule has 0 spiro atoms. The smallest absolute Gasteiger partial charge is 0.267 e. The maximum Gasteiger partial charge on any atom is 0.267 e. The van der Waals surface area contributed by atoms with Crippen molar-refractivity contribution in [2.45, 2.75) is 12.8 Å². The number of nitriles is 1. The Kier molecular flexibility index (Phi) is 10.3. The van der Waals surface area contributed by atoms with E-state index >= 15 is 0 Å². The molecule has 1 aliphatic heterocycles. The minimum Gasteiger partial charge on any atom is -0.371 e. The number of rotatable bonds is 10. The summed E-state index contributed by atoms with van der Waals surface area (Å²) in [7, 11) is 0. The van der Waals surface area contributed by atoms with E-state index in [9.17, 15) is 14.4 Å².